The second-order valence-electron chi connectivity index (χ2n) is 4.37. The molecule has 1 aromatic heterocycles. The van der Waals surface area contributed by atoms with Crippen molar-refractivity contribution in [2.45, 2.75) is 25.5 Å². The quantitative estimate of drug-likeness (QED) is 0.792. The Morgan fingerprint density at radius 2 is 2.29 bits per heavy atom. The average molecular weight is 231 g/mol. The minimum Gasteiger partial charge on any atom is -0.381 e. The summed E-state index contributed by atoms with van der Waals surface area (Å²) < 4.78 is 5.35. The highest BCUT2D eigenvalue weighted by Gasteiger charge is 2.18. The van der Waals surface area contributed by atoms with Crippen LogP contribution in [0.15, 0.2) is 18.3 Å². The summed E-state index contributed by atoms with van der Waals surface area (Å²) >= 11 is 0. The van der Waals surface area contributed by atoms with Crippen LogP contribution < -0.4 is 0 Å². The first kappa shape index (κ1) is 12.0. The molecule has 2 rings (SSSR count). The molecule has 1 aliphatic rings. The first-order valence-electron chi connectivity index (χ1n) is 5.92. The van der Waals surface area contributed by atoms with Crippen LogP contribution in [0.3, 0.4) is 0 Å². The lowest BCUT2D eigenvalue weighted by atomic mass is 10.1. The van der Waals surface area contributed by atoms with Crippen molar-refractivity contribution in [2.75, 3.05) is 20.2 Å². The lowest BCUT2D eigenvalue weighted by Crippen LogP contribution is -2.36. The number of hydrogen-bond acceptors (Lipinski definition) is 4. The molecule has 90 valence electrons. The highest BCUT2D eigenvalue weighted by atomic mass is 16.5. The minimum absolute atomic E-state index is 0.415. The number of ether oxygens (including phenoxy) is 1. The molecule has 1 fully saturated rings. The fourth-order valence-corrected chi connectivity index (χ4v) is 2.20. The van der Waals surface area contributed by atoms with Crippen LogP contribution in [-0.2, 0) is 11.3 Å². The maximum atomic E-state index is 8.79. The van der Waals surface area contributed by atoms with Crippen molar-refractivity contribution in [2.24, 2.45) is 0 Å². The van der Waals surface area contributed by atoms with E-state index >= 15 is 0 Å². The van der Waals surface area contributed by atoms with Crippen molar-refractivity contribution in [1.82, 2.24) is 9.88 Å². The molecule has 0 unspecified atom stereocenters. The van der Waals surface area contributed by atoms with Gasteiger partial charge in [0.2, 0.25) is 0 Å². The summed E-state index contributed by atoms with van der Waals surface area (Å²) in [6.45, 7) is 3.01. The van der Waals surface area contributed by atoms with E-state index in [-0.39, 0.29) is 0 Å². The first-order valence-corrected chi connectivity index (χ1v) is 5.92. The zero-order valence-corrected chi connectivity index (χ0v) is 10.1. The number of methoxy groups -OCH3 is 1. The fraction of sp³-hybridized carbons (Fsp3) is 0.538. The highest BCUT2D eigenvalue weighted by molar-refractivity contribution is 5.25. The van der Waals surface area contributed by atoms with Crippen LogP contribution >= 0.6 is 0 Å². The fourth-order valence-electron chi connectivity index (χ4n) is 2.20. The van der Waals surface area contributed by atoms with Crippen molar-refractivity contribution >= 4 is 0 Å². The molecule has 0 atom stereocenters. The topological polar surface area (TPSA) is 49.1 Å². The van der Waals surface area contributed by atoms with Gasteiger partial charge in [-0.25, -0.2) is 4.98 Å². The van der Waals surface area contributed by atoms with Crippen LogP contribution in [0.1, 0.15) is 24.1 Å². The molecule has 0 saturated carbocycles. The maximum absolute atomic E-state index is 8.79. The van der Waals surface area contributed by atoms with Gasteiger partial charge >= 0.3 is 0 Å². The molecule has 1 saturated heterocycles. The zero-order valence-electron chi connectivity index (χ0n) is 10.1. The Labute approximate surface area is 102 Å². The van der Waals surface area contributed by atoms with Gasteiger partial charge in [0.1, 0.15) is 11.8 Å². The van der Waals surface area contributed by atoms with E-state index in [1.807, 2.05) is 12.1 Å². The summed E-state index contributed by atoms with van der Waals surface area (Å²) in [5.74, 6) is 0. The molecule has 4 nitrogen and oxygen atoms in total. The van der Waals surface area contributed by atoms with Gasteiger partial charge in [0.15, 0.2) is 0 Å². The molecule has 4 heteroatoms. The normalized spacial score (nSPS) is 17.9. The molecule has 2 heterocycles. The SMILES string of the molecule is COC1CCN(Cc2ccnc(C#N)c2)CC1. The van der Waals surface area contributed by atoms with Crippen molar-refractivity contribution in [3.8, 4) is 6.07 Å². The molecule has 0 N–H and O–H groups in total. The summed E-state index contributed by atoms with van der Waals surface area (Å²) in [4.78, 5) is 6.37. The van der Waals surface area contributed by atoms with Crippen molar-refractivity contribution in [3.63, 3.8) is 0 Å². The first-order chi connectivity index (χ1) is 8.31. The second kappa shape index (κ2) is 5.76. The molecule has 0 bridgehead atoms. The lowest BCUT2D eigenvalue weighted by Gasteiger charge is -2.31. The smallest absolute Gasteiger partial charge is 0.140 e. The Kier molecular flexibility index (Phi) is 4.08. The number of pyridine rings is 1. The monoisotopic (exact) mass is 231 g/mol. The standard InChI is InChI=1S/C13H17N3O/c1-17-13-3-6-16(7-4-13)10-11-2-5-15-12(8-11)9-14/h2,5,8,13H,3-4,6-7,10H2,1H3. The van der Waals surface area contributed by atoms with Gasteiger partial charge in [-0.15, -0.1) is 0 Å². The maximum Gasteiger partial charge on any atom is 0.140 e. The molecule has 0 radical (unpaired) electrons. The largest absolute Gasteiger partial charge is 0.381 e. The van der Waals surface area contributed by atoms with Crippen LogP contribution in [0, 0.1) is 11.3 Å². The summed E-state index contributed by atoms with van der Waals surface area (Å²) in [7, 11) is 1.78. The number of piperidine rings is 1. The van der Waals surface area contributed by atoms with E-state index in [2.05, 4.69) is 16.0 Å². The number of aromatic nitrogens is 1. The van der Waals surface area contributed by atoms with Crippen LogP contribution in [0.5, 0.6) is 0 Å². The van der Waals surface area contributed by atoms with E-state index in [4.69, 9.17) is 10.00 Å². The van der Waals surface area contributed by atoms with Gasteiger partial charge in [0.25, 0.3) is 0 Å². The molecule has 17 heavy (non-hydrogen) atoms. The van der Waals surface area contributed by atoms with E-state index in [0.717, 1.165) is 38.0 Å². The van der Waals surface area contributed by atoms with Gasteiger partial charge in [0.05, 0.1) is 6.10 Å². The van der Waals surface area contributed by atoms with Gasteiger partial charge < -0.3 is 4.74 Å². The zero-order chi connectivity index (χ0) is 12.1. The van der Waals surface area contributed by atoms with Gasteiger partial charge in [-0.2, -0.15) is 5.26 Å². The molecule has 1 aromatic rings. The Bertz CT molecular complexity index is 405. The number of nitriles is 1. The van der Waals surface area contributed by atoms with Crippen molar-refractivity contribution in [1.29, 1.82) is 5.26 Å². The number of rotatable bonds is 3. The molecule has 0 amide bonds. The van der Waals surface area contributed by atoms with Gasteiger partial charge in [0, 0.05) is 32.9 Å². The lowest BCUT2D eigenvalue weighted by molar-refractivity contribution is 0.0388. The van der Waals surface area contributed by atoms with Crippen LogP contribution in [0.2, 0.25) is 0 Å². The molecular weight excluding hydrogens is 214 g/mol. The highest BCUT2D eigenvalue weighted by Crippen LogP contribution is 2.15. The third-order valence-electron chi connectivity index (χ3n) is 3.21. The van der Waals surface area contributed by atoms with Crippen molar-refractivity contribution in [3.05, 3.63) is 29.6 Å². The van der Waals surface area contributed by atoms with Crippen LogP contribution in [0.25, 0.3) is 0 Å². The average Bonchev–Trinajstić information content (AvgIpc) is 2.40. The number of hydrogen-bond donors (Lipinski definition) is 0. The van der Waals surface area contributed by atoms with E-state index in [1.165, 1.54) is 0 Å². The second-order valence-corrected chi connectivity index (χ2v) is 4.37. The third-order valence-corrected chi connectivity index (χ3v) is 3.21. The summed E-state index contributed by atoms with van der Waals surface area (Å²) in [6, 6.07) is 5.91. The molecule has 0 aliphatic carbocycles. The Morgan fingerprint density at radius 3 is 2.94 bits per heavy atom. The minimum atomic E-state index is 0.415. The van der Waals surface area contributed by atoms with Gasteiger partial charge in [-0.3, -0.25) is 4.90 Å². The summed E-state index contributed by atoms with van der Waals surface area (Å²) in [5.41, 5.74) is 1.65. The Balaban J connectivity index is 1.91. The van der Waals surface area contributed by atoms with Gasteiger partial charge in [-0.1, -0.05) is 0 Å². The van der Waals surface area contributed by atoms with Gasteiger partial charge in [-0.05, 0) is 30.5 Å². The van der Waals surface area contributed by atoms with E-state index in [1.54, 1.807) is 13.3 Å². The van der Waals surface area contributed by atoms with E-state index in [9.17, 15) is 0 Å². The van der Waals surface area contributed by atoms with Crippen LogP contribution in [0.4, 0.5) is 0 Å². The molecule has 1 aliphatic heterocycles. The van der Waals surface area contributed by atoms with Crippen molar-refractivity contribution < 1.29 is 4.74 Å². The summed E-state index contributed by atoms with van der Waals surface area (Å²) in [5, 5.41) is 8.79. The molecular formula is C13H17N3O. The van der Waals surface area contributed by atoms with Crippen LogP contribution in [-0.4, -0.2) is 36.2 Å². The third kappa shape index (κ3) is 3.26. The summed E-state index contributed by atoms with van der Waals surface area (Å²) in [6.07, 6.45) is 4.30. The molecule has 0 aromatic carbocycles. The van der Waals surface area contributed by atoms with E-state index in [0.29, 0.717) is 11.8 Å². The van der Waals surface area contributed by atoms with E-state index < -0.39 is 0 Å². The Morgan fingerprint density at radius 1 is 1.53 bits per heavy atom. The predicted molar refractivity (Wildman–Crippen MR) is 64.3 cm³/mol. The predicted octanol–water partition coefficient (Wildman–Crippen LogP) is 1.56. The molecule has 0 spiro atoms. The number of likely N-dealkylation sites (tertiary alicyclic amines) is 1. The Hall–Kier alpha value is -1.44. The number of nitrogens with zero attached hydrogens (tertiary/aromatic N) is 3.